The lowest BCUT2D eigenvalue weighted by Crippen LogP contribution is -2.10. The van der Waals surface area contributed by atoms with Gasteiger partial charge in [-0.25, -0.2) is 0 Å². The maximum Gasteiger partial charge on any atom is 0.311 e. The molecule has 1 aliphatic heterocycles. The van der Waals surface area contributed by atoms with Crippen LogP contribution in [-0.4, -0.2) is 11.8 Å². The first-order valence-corrected chi connectivity index (χ1v) is 8.85. The zero-order valence-corrected chi connectivity index (χ0v) is 14.7. The maximum absolute atomic E-state index is 12.9. The summed E-state index contributed by atoms with van der Waals surface area (Å²) in [7, 11) is 0. The molecule has 0 atom stereocenters. The first-order valence-electron chi connectivity index (χ1n) is 8.85. The summed E-state index contributed by atoms with van der Waals surface area (Å²) < 4.78 is 11.2. The zero-order valence-electron chi connectivity index (χ0n) is 14.7. The lowest BCUT2D eigenvalue weighted by Gasteiger charge is -2.09. The molecule has 3 aromatic carbocycles. The second-order valence-corrected chi connectivity index (χ2v) is 6.39. The second-order valence-electron chi connectivity index (χ2n) is 6.39. The molecule has 0 unspecified atom stereocenters. The van der Waals surface area contributed by atoms with Crippen molar-refractivity contribution in [3.8, 4) is 11.5 Å². The average molecular weight is 358 g/mol. The van der Waals surface area contributed by atoms with Crippen LogP contribution >= 0.6 is 0 Å². The Morgan fingerprint density at radius 3 is 2.56 bits per heavy atom. The van der Waals surface area contributed by atoms with Gasteiger partial charge in [-0.2, -0.15) is 0 Å². The summed E-state index contributed by atoms with van der Waals surface area (Å²) >= 11 is 0. The Labute approximate surface area is 157 Å². The van der Waals surface area contributed by atoms with Crippen LogP contribution in [0.3, 0.4) is 0 Å². The van der Waals surface area contributed by atoms with Gasteiger partial charge < -0.3 is 9.47 Å². The van der Waals surface area contributed by atoms with Crippen LogP contribution in [0.1, 0.15) is 33.5 Å². The maximum atomic E-state index is 12.9. The van der Waals surface area contributed by atoms with Gasteiger partial charge in [0, 0.05) is 17.5 Å². The first-order chi connectivity index (χ1) is 13.2. The average Bonchev–Trinajstić information content (AvgIpc) is 2.85. The van der Waals surface area contributed by atoms with Gasteiger partial charge in [0.15, 0.2) is 5.78 Å². The minimum absolute atomic E-state index is 0.125. The minimum atomic E-state index is -0.332. The highest BCUT2D eigenvalue weighted by molar-refractivity contribution is 6.12. The van der Waals surface area contributed by atoms with Gasteiger partial charge in [-0.3, -0.25) is 9.59 Å². The van der Waals surface area contributed by atoms with Crippen molar-refractivity contribution < 1.29 is 19.1 Å². The summed E-state index contributed by atoms with van der Waals surface area (Å²) in [4.78, 5) is 25.0. The van der Waals surface area contributed by atoms with Crippen LogP contribution in [0.5, 0.6) is 11.5 Å². The monoisotopic (exact) mass is 358 g/mol. The molecular formula is C23H18O4. The van der Waals surface area contributed by atoms with E-state index >= 15 is 0 Å². The van der Waals surface area contributed by atoms with E-state index in [0.29, 0.717) is 35.7 Å². The van der Waals surface area contributed by atoms with Gasteiger partial charge in [0.25, 0.3) is 0 Å². The molecule has 4 heteroatoms. The molecule has 1 aliphatic rings. The number of aryl methyl sites for hydroxylation is 1. The number of carbonyl (C=O) groups excluding carboxylic acids is 2. The summed E-state index contributed by atoms with van der Waals surface area (Å²) in [6.07, 6.45) is 0.883. The molecule has 0 N–H and O–H groups in total. The molecular weight excluding hydrogens is 340 g/mol. The molecule has 0 spiro atoms. The predicted octanol–water partition coefficient (Wildman–Crippen LogP) is 4.35. The van der Waals surface area contributed by atoms with Gasteiger partial charge in [-0.15, -0.1) is 0 Å². The Morgan fingerprint density at radius 1 is 0.926 bits per heavy atom. The van der Waals surface area contributed by atoms with Crippen LogP contribution in [0.2, 0.25) is 0 Å². The summed E-state index contributed by atoms with van der Waals surface area (Å²) in [5.41, 5.74) is 2.95. The molecule has 134 valence electrons. The van der Waals surface area contributed by atoms with Crippen molar-refractivity contribution in [2.75, 3.05) is 0 Å². The number of ketones is 1. The number of hydrogen-bond donors (Lipinski definition) is 0. The molecule has 0 aliphatic carbocycles. The number of rotatable bonds is 4. The quantitative estimate of drug-likeness (QED) is 0.514. The standard InChI is InChI=1S/C23H18O4/c24-22(13-10-16-6-2-1-3-7-16)27-18-11-12-21-20(14-18)23(25)19-9-5-4-8-17(19)15-26-21/h1-9,11-12,14H,10,13,15H2. The van der Waals surface area contributed by atoms with E-state index < -0.39 is 0 Å². The lowest BCUT2D eigenvalue weighted by molar-refractivity contribution is -0.134. The van der Waals surface area contributed by atoms with Gasteiger partial charge in [0.2, 0.25) is 0 Å². The Balaban J connectivity index is 1.50. The fourth-order valence-corrected chi connectivity index (χ4v) is 3.12. The van der Waals surface area contributed by atoms with Crippen molar-refractivity contribution in [3.63, 3.8) is 0 Å². The zero-order chi connectivity index (χ0) is 18.6. The predicted molar refractivity (Wildman–Crippen MR) is 101 cm³/mol. The molecule has 3 aromatic rings. The van der Waals surface area contributed by atoms with Crippen molar-refractivity contribution >= 4 is 11.8 Å². The molecule has 0 saturated carbocycles. The molecule has 0 saturated heterocycles. The smallest absolute Gasteiger partial charge is 0.311 e. The normalized spacial score (nSPS) is 12.4. The Hall–Kier alpha value is -3.40. The number of hydrogen-bond acceptors (Lipinski definition) is 4. The van der Waals surface area contributed by atoms with E-state index in [-0.39, 0.29) is 18.2 Å². The van der Waals surface area contributed by atoms with Crippen molar-refractivity contribution in [1.29, 1.82) is 0 Å². The van der Waals surface area contributed by atoms with Crippen LogP contribution in [0.25, 0.3) is 0 Å². The van der Waals surface area contributed by atoms with Crippen LogP contribution in [0.4, 0.5) is 0 Å². The third-order valence-corrected chi connectivity index (χ3v) is 4.53. The Kier molecular flexibility index (Phi) is 4.71. The Morgan fingerprint density at radius 2 is 1.70 bits per heavy atom. The van der Waals surface area contributed by atoms with E-state index in [1.807, 2.05) is 48.5 Å². The molecule has 27 heavy (non-hydrogen) atoms. The topological polar surface area (TPSA) is 52.6 Å². The largest absolute Gasteiger partial charge is 0.488 e. The van der Waals surface area contributed by atoms with Crippen molar-refractivity contribution in [2.45, 2.75) is 19.4 Å². The SMILES string of the molecule is O=C(CCc1ccccc1)Oc1ccc2c(c1)C(=O)c1ccccc1CO2. The highest BCUT2D eigenvalue weighted by Crippen LogP contribution is 2.31. The molecule has 0 radical (unpaired) electrons. The molecule has 4 rings (SSSR count). The molecule has 0 bridgehead atoms. The summed E-state index contributed by atoms with van der Waals surface area (Å²) in [5.74, 6) is 0.393. The van der Waals surface area contributed by atoms with Crippen LogP contribution in [-0.2, 0) is 17.8 Å². The van der Waals surface area contributed by atoms with Crippen LogP contribution in [0, 0.1) is 0 Å². The van der Waals surface area contributed by atoms with E-state index in [0.717, 1.165) is 11.1 Å². The third-order valence-electron chi connectivity index (χ3n) is 4.53. The van der Waals surface area contributed by atoms with E-state index in [1.165, 1.54) is 0 Å². The summed E-state index contributed by atoms with van der Waals surface area (Å²) in [6, 6.07) is 22.1. The molecule has 0 amide bonds. The van der Waals surface area contributed by atoms with E-state index in [2.05, 4.69) is 0 Å². The third kappa shape index (κ3) is 3.75. The van der Waals surface area contributed by atoms with Gasteiger partial charge in [0.1, 0.15) is 18.1 Å². The number of fused-ring (bicyclic) bond motifs is 2. The fraction of sp³-hybridized carbons (Fsp3) is 0.130. The minimum Gasteiger partial charge on any atom is -0.488 e. The molecule has 1 heterocycles. The van der Waals surface area contributed by atoms with Gasteiger partial charge in [-0.05, 0) is 30.2 Å². The Bertz CT molecular complexity index is 992. The number of esters is 1. The van der Waals surface area contributed by atoms with E-state index in [4.69, 9.17) is 9.47 Å². The molecule has 0 aromatic heterocycles. The van der Waals surface area contributed by atoms with Crippen molar-refractivity contribution in [3.05, 3.63) is 95.1 Å². The summed E-state index contributed by atoms with van der Waals surface area (Å²) in [5, 5.41) is 0. The number of carbonyl (C=O) groups is 2. The summed E-state index contributed by atoms with van der Waals surface area (Å²) in [6.45, 7) is 0.338. The molecule has 4 nitrogen and oxygen atoms in total. The van der Waals surface area contributed by atoms with Crippen molar-refractivity contribution in [1.82, 2.24) is 0 Å². The van der Waals surface area contributed by atoms with E-state index in [9.17, 15) is 9.59 Å². The second kappa shape index (κ2) is 7.46. The van der Waals surface area contributed by atoms with Gasteiger partial charge >= 0.3 is 5.97 Å². The lowest BCUT2D eigenvalue weighted by atomic mass is 9.99. The first kappa shape index (κ1) is 17.0. The number of ether oxygens (including phenoxy) is 2. The van der Waals surface area contributed by atoms with Crippen LogP contribution < -0.4 is 9.47 Å². The van der Waals surface area contributed by atoms with Crippen LogP contribution in [0.15, 0.2) is 72.8 Å². The molecule has 0 fully saturated rings. The van der Waals surface area contributed by atoms with Gasteiger partial charge in [-0.1, -0.05) is 54.6 Å². The fourth-order valence-electron chi connectivity index (χ4n) is 3.12. The van der Waals surface area contributed by atoms with E-state index in [1.54, 1.807) is 24.3 Å². The number of benzene rings is 3. The van der Waals surface area contributed by atoms with Crippen molar-refractivity contribution in [2.24, 2.45) is 0 Å². The highest BCUT2D eigenvalue weighted by Gasteiger charge is 2.23. The van der Waals surface area contributed by atoms with Gasteiger partial charge in [0.05, 0.1) is 5.56 Å². The highest BCUT2D eigenvalue weighted by atomic mass is 16.5.